The Kier molecular flexibility index (Phi) is 5.74. The van der Waals surface area contributed by atoms with Crippen LogP contribution in [0.4, 0.5) is 11.6 Å². The van der Waals surface area contributed by atoms with Crippen molar-refractivity contribution in [3.05, 3.63) is 35.2 Å². The Balaban J connectivity index is 1.40. The van der Waals surface area contributed by atoms with E-state index in [4.69, 9.17) is 0 Å². The van der Waals surface area contributed by atoms with E-state index in [1.54, 1.807) is 16.5 Å². The molecular formula is C22H30N6O2. The van der Waals surface area contributed by atoms with E-state index in [-0.39, 0.29) is 11.8 Å². The molecule has 1 fully saturated rings. The average Bonchev–Trinajstić information content (AvgIpc) is 3.24. The normalized spacial score (nSPS) is 17.7. The lowest BCUT2D eigenvalue weighted by atomic mass is 9.89. The van der Waals surface area contributed by atoms with Gasteiger partial charge in [0, 0.05) is 31.8 Å². The molecule has 0 unspecified atom stereocenters. The lowest BCUT2D eigenvalue weighted by Crippen LogP contribution is -2.46. The molecule has 0 bridgehead atoms. The van der Waals surface area contributed by atoms with Gasteiger partial charge in [0.2, 0.25) is 5.91 Å². The van der Waals surface area contributed by atoms with Crippen LogP contribution in [0, 0.1) is 12.8 Å². The molecule has 0 aromatic carbocycles. The minimum atomic E-state index is -0.522. The molecule has 3 heterocycles. The highest BCUT2D eigenvalue weighted by atomic mass is 16.2. The first kappa shape index (κ1) is 20.4. The molecule has 0 saturated heterocycles. The van der Waals surface area contributed by atoms with Gasteiger partial charge in [0.1, 0.15) is 23.4 Å². The molecule has 2 aliphatic rings. The Bertz CT molecular complexity index is 947. The summed E-state index contributed by atoms with van der Waals surface area (Å²) in [5, 5.41) is 10.6. The van der Waals surface area contributed by atoms with Gasteiger partial charge in [-0.2, -0.15) is 5.10 Å². The van der Waals surface area contributed by atoms with Crippen molar-refractivity contribution in [1.29, 1.82) is 0 Å². The van der Waals surface area contributed by atoms with Crippen LogP contribution in [0.15, 0.2) is 18.2 Å². The largest absolute Gasteiger partial charge is 0.354 e. The molecule has 30 heavy (non-hydrogen) atoms. The Morgan fingerprint density at radius 1 is 1.27 bits per heavy atom. The topological polar surface area (TPSA) is 92.1 Å². The Morgan fingerprint density at radius 2 is 2.03 bits per heavy atom. The van der Waals surface area contributed by atoms with Crippen LogP contribution >= 0.6 is 0 Å². The number of rotatable bonds is 6. The fourth-order valence-corrected chi connectivity index (χ4v) is 4.36. The van der Waals surface area contributed by atoms with E-state index in [9.17, 15) is 9.59 Å². The highest BCUT2D eigenvalue weighted by Gasteiger charge is 2.35. The summed E-state index contributed by atoms with van der Waals surface area (Å²) in [6.45, 7) is 4.82. The summed E-state index contributed by atoms with van der Waals surface area (Å²) in [7, 11) is 1.85. The van der Waals surface area contributed by atoms with E-state index in [0.29, 0.717) is 30.5 Å². The zero-order chi connectivity index (χ0) is 21.3. The number of fused-ring (bicyclic) bond motifs is 1. The van der Waals surface area contributed by atoms with Gasteiger partial charge < -0.3 is 15.5 Å². The summed E-state index contributed by atoms with van der Waals surface area (Å²) >= 11 is 0. The minimum Gasteiger partial charge on any atom is -0.354 e. The second kappa shape index (κ2) is 8.45. The molecule has 160 valence electrons. The van der Waals surface area contributed by atoms with Crippen LogP contribution in [0.3, 0.4) is 0 Å². The van der Waals surface area contributed by atoms with Gasteiger partial charge in [-0.25, -0.2) is 4.98 Å². The van der Waals surface area contributed by atoms with Gasteiger partial charge >= 0.3 is 0 Å². The van der Waals surface area contributed by atoms with Gasteiger partial charge in [0.05, 0.1) is 5.69 Å². The van der Waals surface area contributed by atoms with Crippen molar-refractivity contribution >= 4 is 23.5 Å². The number of hydrogen-bond donors (Lipinski definition) is 2. The number of nitrogens with zero attached hydrogens (tertiary/aromatic N) is 4. The maximum atomic E-state index is 13.0. The van der Waals surface area contributed by atoms with E-state index in [2.05, 4.69) is 20.7 Å². The zero-order valence-corrected chi connectivity index (χ0v) is 17.9. The summed E-state index contributed by atoms with van der Waals surface area (Å²) in [6.07, 6.45) is 6.15. The second-order valence-corrected chi connectivity index (χ2v) is 8.48. The van der Waals surface area contributed by atoms with Crippen molar-refractivity contribution in [3.63, 3.8) is 0 Å². The summed E-state index contributed by atoms with van der Waals surface area (Å²) in [4.78, 5) is 31.8. The maximum Gasteiger partial charge on any atom is 0.273 e. The molecule has 0 spiro atoms. The molecule has 8 nitrogen and oxygen atoms in total. The fraction of sp³-hybridized carbons (Fsp3) is 0.545. The van der Waals surface area contributed by atoms with Gasteiger partial charge in [-0.05, 0) is 38.7 Å². The molecule has 1 atom stereocenters. The number of carbonyl (C=O) groups excluding carboxylic acids is 2. The standard InChI is InChI=1S/C22H30N6O2/c1-14-11-19(27(3)26-14)24-18-10-9-17-13-28(22(30)20(17)25-18)15(2)21(29)23-12-16-7-5-4-6-8-16/h9-11,15-16H,4-8,12-13H2,1-3H3,(H,23,29)(H,24,25)/t15-/m1/s1. The third kappa shape index (κ3) is 4.17. The van der Waals surface area contributed by atoms with Crippen molar-refractivity contribution < 1.29 is 9.59 Å². The van der Waals surface area contributed by atoms with Gasteiger partial charge in [-0.15, -0.1) is 0 Å². The predicted octanol–water partition coefficient (Wildman–Crippen LogP) is 2.91. The monoisotopic (exact) mass is 410 g/mol. The third-order valence-electron chi connectivity index (χ3n) is 6.18. The maximum absolute atomic E-state index is 13.0. The van der Waals surface area contributed by atoms with Gasteiger partial charge in [-0.3, -0.25) is 14.3 Å². The second-order valence-electron chi connectivity index (χ2n) is 8.48. The Labute approximate surface area is 177 Å². The van der Waals surface area contributed by atoms with Crippen molar-refractivity contribution in [2.45, 2.75) is 58.5 Å². The van der Waals surface area contributed by atoms with Crippen molar-refractivity contribution in [1.82, 2.24) is 25.0 Å². The summed E-state index contributed by atoms with van der Waals surface area (Å²) < 4.78 is 1.73. The smallest absolute Gasteiger partial charge is 0.273 e. The van der Waals surface area contributed by atoms with Crippen LogP contribution in [0.2, 0.25) is 0 Å². The van der Waals surface area contributed by atoms with E-state index >= 15 is 0 Å². The van der Waals surface area contributed by atoms with Gasteiger partial charge in [0.15, 0.2) is 0 Å². The van der Waals surface area contributed by atoms with Crippen LogP contribution in [-0.2, 0) is 18.4 Å². The number of pyridine rings is 1. The van der Waals surface area contributed by atoms with E-state index in [1.807, 2.05) is 32.2 Å². The number of aromatic nitrogens is 3. The molecule has 1 saturated carbocycles. The predicted molar refractivity (Wildman–Crippen MR) is 114 cm³/mol. The number of aryl methyl sites for hydroxylation is 2. The number of anilines is 2. The SMILES string of the molecule is Cc1cc(Nc2ccc3c(n2)C(=O)N([C@H](C)C(=O)NCC2CCCCC2)C3)n(C)n1. The minimum absolute atomic E-state index is 0.0922. The zero-order valence-electron chi connectivity index (χ0n) is 17.9. The van der Waals surface area contributed by atoms with Crippen LogP contribution < -0.4 is 10.6 Å². The van der Waals surface area contributed by atoms with Crippen LogP contribution in [0.1, 0.15) is 60.8 Å². The molecule has 4 rings (SSSR count). The Hall–Kier alpha value is -2.90. The highest BCUT2D eigenvalue weighted by molar-refractivity contribution is 5.99. The fourth-order valence-electron chi connectivity index (χ4n) is 4.36. The molecule has 8 heteroatoms. The van der Waals surface area contributed by atoms with Crippen molar-refractivity contribution in [2.24, 2.45) is 13.0 Å². The molecule has 2 aromatic heterocycles. The first-order valence-corrected chi connectivity index (χ1v) is 10.8. The molecule has 2 N–H and O–H groups in total. The molecule has 0 radical (unpaired) electrons. The highest BCUT2D eigenvalue weighted by Crippen LogP contribution is 2.26. The molecular weight excluding hydrogens is 380 g/mol. The first-order chi connectivity index (χ1) is 14.4. The lowest BCUT2D eigenvalue weighted by Gasteiger charge is -2.26. The number of carbonyl (C=O) groups is 2. The number of nitrogens with one attached hydrogen (secondary N) is 2. The van der Waals surface area contributed by atoms with Crippen LogP contribution in [0.25, 0.3) is 0 Å². The van der Waals surface area contributed by atoms with Crippen LogP contribution in [0.5, 0.6) is 0 Å². The Morgan fingerprint density at radius 3 is 2.73 bits per heavy atom. The van der Waals surface area contributed by atoms with E-state index in [0.717, 1.165) is 17.1 Å². The third-order valence-corrected chi connectivity index (χ3v) is 6.18. The summed E-state index contributed by atoms with van der Waals surface area (Å²) in [6, 6.07) is 5.15. The quantitative estimate of drug-likeness (QED) is 0.764. The van der Waals surface area contributed by atoms with Crippen molar-refractivity contribution in [2.75, 3.05) is 11.9 Å². The number of hydrogen-bond acceptors (Lipinski definition) is 5. The lowest BCUT2D eigenvalue weighted by molar-refractivity contribution is -0.125. The van der Waals surface area contributed by atoms with Crippen LogP contribution in [-0.4, -0.2) is 44.1 Å². The average molecular weight is 411 g/mol. The molecule has 2 amide bonds. The van der Waals surface area contributed by atoms with E-state index in [1.165, 1.54) is 32.1 Å². The summed E-state index contributed by atoms with van der Waals surface area (Å²) in [5.41, 5.74) is 2.15. The van der Waals surface area contributed by atoms with Gasteiger partial charge in [0.25, 0.3) is 5.91 Å². The molecule has 1 aliphatic carbocycles. The molecule has 2 aromatic rings. The number of amides is 2. The van der Waals surface area contributed by atoms with Crippen molar-refractivity contribution in [3.8, 4) is 0 Å². The first-order valence-electron chi connectivity index (χ1n) is 10.8. The molecule has 1 aliphatic heterocycles. The van der Waals surface area contributed by atoms with E-state index < -0.39 is 6.04 Å². The summed E-state index contributed by atoms with van der Waals surface area (Å²) in [5.74, 6) is 1.66. The van der Waals surface area contributed by atoms with Gasteiger partial charge in [-0.1, -0.05) is 25.3 Å².